The normalized spacial score (nSPS) is 20.1. The summed E-state index contributed by atoms with van der Waals surface area (Å²) in [6.45, 7) is 11.3. The number of carbonyl (C=O) groups excluding carboxylic acids is 2. The third-order valence-electron chi connectivity index (χ3n) is 7.85. The number of nitrogens with zero attached hydrogens (tertiary/aromatic N) is 2. The van der Waals surface area contributed by atoms with Crippen LogP contribution in [0.2, 0.25) is 10.0 Å². The van der Waals surface area contributed by atoms with Crippen LogP contribution in [0.3, 0.4) is 0 Å². The van der Waals surface area contributed by atoms with Crippen LogP contribution in [-0.4, -0.2) is 113 Å². The Morgan fingerprint density at radius 1 is 0.932 bits per heavy atom. The van der Waals surface area contributed by atoms with E-state index in [0.29, 0.717) is 97.3 Å². The average Bonchev–Trinajstić information content (AvgIpc) is 3.00. The Labute approximate surface area is 269 Å². The van der Waals surface area contributed by atoms with Gasteiger partial charge in [-0.05, 0) is 24.6 Å². The van der Waals surface area contributed by atoms with Crippen molar-refractivity contribution in [1.29, 1.82) is 0 Å². The molecule has 0 spiro atoms. The van der Waals surface area contributed by atoms with Crippen molar-refractivity contribution in [3.8, 4) is 5.75 Å². The summed E-state index contributed by atoms with van der Waals surface area (Å²) in [6, 6.07) is 4.95. The van der Waals surface area contributed by atoms with Gasteiger partial charge < -0.3 is 34.7 Å². The summed E-state index contributed by atoms with van der Waals surface area (Å²) in [5, 5.41) is 4.19. The smallest absolute Gasteiger partial charge is 0.336 e. The van der Waals surface area contributed by atoms with Gasteiger partial charge in [0.1, 0.15) is 11.9 Å². The molecule has 1 aromatic rings. The van der Waals surface area contributed by atoms with E-state index in [9.17, 15) is 9.59 Å². The first-order valence-electron chi connectivity index (χ1n) is 15.3. The Bertz CT molecular complexity index is 1160. The van der Waals surface area contributed by atoms with Crippen LogP contribution in [0.25, 0.3) is 0 Å². The summed E-state index contributed by atoms with van der Waals surface area (Å²) in [5.41, 5.74) is 8.04. The van der Waals surface area contributed by atoms with E-state index in [0.717, 1.165) is 26.2 Å². The number of nitrogens with one attached hydrogen (secondary N) is 1. The molecular formula is C31H44Cl2N4O7. The molecule has 0 saturated carbocycles. The molecule has 0 aromatic heterocycles. The van der Waals surface area contributed by atoms with Crippen molar-refractivity contribution in [2.24, 2.45) is 11.7 Å². The van der Waals surface area contributed by atoms with Gasteiger partial charge in [-0.25, -0.2) is 9.59 Å². The number of rotatable bonds is 14. The first kappa shape index (κ1) is 34.5. The molecule has 3 N–H and O–H groups in total. The van der Waals surface area contributed by atoms with Gasteiger partial charge in [-0.3, -0.25) is 9.80 Å². The highest BCUT2D eigenvalue weighted by molar-refractivity contribution is 6.34. The van der Waals surface area contributed by atoms with Crippen molar-refractivity contribution in [2.45, 2.75) is 32.8 Å². The summed E-state index contributed by atoms with van der Waals surface area (Å²) in [7, 11) is 0. The first-order chi connectivity index (χ1) is 21.3. The van der Waals surface area contributed by atoms with Crippen LogP contribution in [0.15, 0.2) is 40.7 Å². The molecule has 0 aliphatic carbocycles. The molecule has 0 bridgehead atoms. The molecule has 3 aliphatic rings. The zero-order chi connectivity index (χ0) is 31.5. The van der Waals surface area contributed by atoms with Crippen LogP contribution in [0, 0.1) is 5.92 Å². The quantitative estimate of drug-likeness (QED) is 0.227. The minimum Gasteiger partial charge on any atom is -0.493 e. The van der Waals surface area contributed by atoms with Crippen molar-refractivity contribution in [2.75, 3.05) is 85.5 Å². The molecule has 3 heterocycles. The fourth-order valence-electron chi connectivity index (χ4n) is 5.62. The van der Waals surface area contributed by atoms with E-state index in [2.05, 4.69) is 15.1 Å². The highest BCUT2D eigenvalue weighted by Crippen LogP contribution is 2.32. The van der Waals surface area contributed by atoms with Crippen LogP contribution >= 0.6 is 23.2 Å². The van der Waals surface area contributed by atoms with E-state index in [1.165, 1.54) is 0 Å². The second kappa shape index (κ2) is 17.4. The summed E-state index contributed by atoms with van der Waals surface area (Å²) < 4.78 is 28.5. The summed E-state index contributed by atoms with van der Waals surface area (Å²) in [5.74, 6) is -1.01. The van der Waals surface area contributed by atoms with E-state index < -0.39 is 17.9 Å². The Balaban J connectivity index is 1.39. The second-order valence-corrected chi connectivity index (χ2v) is 11.9. The minimum atomic E-state index is -0.568. The third kappa shape index (κ3) is 9.81. The third-order valence-corrected chi connectivity index (χ3v) is 8.28. The number of carbonyl (C=O) groups is 2. The van der Waals surface area contributed by atoms with E-state index >= 15 is 0 Å². The van der Waals surface area contributed by atoms with Gasteiger partial charge >= 0.3 is 11.9 Å². The van der Waals surface area contributed by atoms with Crippen molar-refractivity contribution >= 4 is 35.1 Å². The fourth-order valence-corrected chi connectivity index (χ4v) is 6.12. The largest absolute Gasteiger partial charge is 0.493 e. The maximum absolute atomic E-state index is 13.9. The highest BCUT2D eigenvalue weighted by Gasteiger charge is 2.37. The van der Waals surface area contributed by atoms with Crippen molar-refractivity contribution in [1.82, 2.24) is 15.1 Å². The second-order valence-electron chi connectivity index (χ2n) is 11.0. The van der Waals surface area contributed by atoms with Gasteiger partial charge in [0.15, 0.2) is 0 Å². The Morgan fingerprint density at radius 3 is 2.05 bits per heavy atom. The number of nitrogens with two attached hydrogens (primary N) is 1. The zero-order valence-corrected chi connectivity index (χ0v) is 27.1. The van der Waals surface area contributed by atoms with E-state index in [1.54, 1.807) is 18.2 Å². The van der Waals surface area contributed by atoms with Gasteiger partial charge in [-0.2, -0.15) is 0 Å². The molecule has 1 atom stereocenters. The van der Waals surface area contributed by atoms with Gasteiger partial charge in [-0.15, -0.1) is 0 Å². The lowest BCUT2D eigenvalue weighted by Crippen LogP contribution is -2.49. The molecule has 3 aliphatic heterocycles. The van der Waals surface area contributed by atoms with Gasteiger partial charge in [0.2, 0.25) is 0 Å². The van der Waals surface area contributed by atoms with Gasteiger partial charge in [0, 0.05) is 79.6 Å². The number of esters is 2. The van der Waals surface area contributed by atoms with Crippen LogP contribution in [0.5, 0.6) is 5.75 Å². The molecule has 2 fully saturated rings. The number of dihydropyridines is 1. The fraction of sp³-hybridized carbons (Fsp3) is 0.613. The zero-order valence-electron chi connectivity index (χ0n) is 25.6. The monoisotopic (exact) mass is 654 g/mol. The number of hydrogen-bond acceptors (Lipinski definition) is 11. The lowest BCUT2D eigenvalue weighted by atomic mass is 9.86. The number of allylic oxidation sites excluding steroid dienone is 1. The molecule has 44 heavy (non-hydrogen) atoms. The molecule has 1 unspecified atom stereocenters. The molecule has 11 nitrogen and oxygen atoms in total. The maximum Gasteiger partial charge on any atom is 0.336 e. The molecule has 244 valence electrons. The number of hydrogen-bond donors (Lipinski definition) is 2. The molecule has 2 saturated heterocycles. The average molecular weight is 656 g/mol. The van der Waals surface area contributed by atoms with Gasteiger partial charge in [0.25, 0.3) is 0 Å². The van der Waals surface area contributed by atoms with E-state index in [-0.39, 0.29) is 19.3 Å². The molecular weight excluding hydrogens is 611 g/mol. The van der Waals surface area contributed by atoms with Crippen LogP contribution < -0.4 is 15.8 Å². The summed E-state index contributed by atoms with van der Waals surface area (Å²) in [4.78, 5) is 31.7. The number of ether oxygens (including phenoxy) is 5. The SMILES string of the molecule is CCC1=C(C(=O)OC(CN2CCOCC2)CN2CCOCC2)C(C)C(C(=O)OCCCOc2cc(Cl)cc(Cl)c2)=C(CN)N1. The molecule has 4 rings (SSSR count). The van der Waals surface area contributed by atoms with Crippen LogP contribution in [0.1, 0.15) is 26.7 Å². The van der Waals surface area contributed by atoms with Crippen molar-refractivity contribution in [3.63, 3.8) is 0 Å². The molecule has 13 heteroatoms. The van der Waals surface area contributed by atoms with E-state index in [4.69, 9.17) is 52.6 Å². The summed E-state index contributed by atoms with van der Waals surface area (Å²) >= 11 is 12.0. The van der Waals surface area contributed by atoms with Crippen molar-refractivity contribution in [3.05, 3.63) is 50.8 Å². The molecule has 0 radical (unpaired) electrons. The lowest BCUT2D eigenvalue weighted by molar-refractivity contribution is -0.148. The Hall–Kier alpha value is -2.38. The standard InChI is InChI=1S/C31H44Cl2N4O7/c1-3-26-28(31(39)44-25(19-36-5-11-40-12-6-36)20-37-7-13-41-14-8-37)21(2)29(27(18-34)35-26)30(38)43-10-4-9-42-24-16-22(32)15-23(33)17-24/h15-17,21,25,35H,3-14,18-20,34H2,1-2H3. The predicted octanol–water partition coefficient (Wildman–Crippen LogP) is 3.00. The number of morpholine rings is 2. The van der Waals surface area contributed by atoms with Crippen LogP contribution in [-0.2, 0) is 28.5 Å². The maximum atomic E-state index is 13.9. The topological polar surface area (TPSA) is 125 Å². The molecule has 1 aromatic carbocycles. The first-order valence-corrected chi connectivity index (χ1v) is 16.0. The van der Waals surface area contributed by atoms with Crippen molar-refractivity contribution < 1.29 is 33.3 Å². The number of benzene rings is 1. The van der Waals surface area contributed by atoms with Crippen LogP contribution in [0.4, 0.5) is 0 Å². The minimum absolute atomic E-state index is 0.0932. The summed E-state index contributed by atoms with van der Waals surface area (Å²) in [6.07, 6.45) is 0.628. The van der Waals surface area contributed by atoms with Gasteiger partial charge in [0.05, 0.1) is 50.8 Å². The number of halogens is 2. The lowest BCUT2D eigenvalue weighted by Gasteiger charge is -2.35. The van der Waals surface area contributed by atoms with Gasteiger partial charge in [-0.1, -0.05) is 37.0 Å². The Morgan fingerprint density at radius 2 is 1.50 bits per heavy atom. The predicted molar refractivity (Wildman–Crippen MR) is 168 cm³/mol. The molecule has 0 amide bonds. The Kier molecular flexibility index (Phi) is 13.6. The van der Waals surface area contributed by atoms with E-state index in [1.807, 2.05) is 13.8 Å². The highest BCUT2D eigenvalue weighted by atomic mass is 35.5.